The molecule has 0 unspecified atom stereocenters. The first-order valence-corrected chi connectivity index (χ1v) is 11.3. The molecule has 0 aliphatic carbocycles. The third-order valence-electron chi connectivity index (χ3n) is 4.70. The lowest BCUT2D eigenvalue weighted by Crippen LogP contribution is -2.27. The van der Waals surface area contributed by atoms with Crippen molar-refractivity contribution in [3.63, 3.8) is 0 Å². The van der Waals surface area contributed by atoms with Crippen LogP contribution in [-0.2, 0) is 10.0 Å². The molecule has 0 aliphatic rings. The maximum Gasteiger partial charge on any atom is 0.323 e. The van der Waals surface area contributed by atoms with E-state index in [9.17, 15) is 17.6 Å². The molecular weight excluding hydrogens is 465 g/mol. The van der Waals surface area contributed by atoms with Gasteiger partial charge in [0.05, 0.1) is 12.0 Å². The van der Waals surface area contributed by atoms with Crippen molar-refractivity contribution in [3.8, 4) is 17.0 Å². The van der Waals surface area contributed by atoms with Crippen LogP contribution in [0.25, 0.3) is 16.8 Å². The van der Waals surface area contributed by atoms with Crippen molar-refractivity contribution < 1.29 is 22.3 Å². The highest BCUT2D eigenvalue weighted by molar-refractivity contribution is 7.92. The van der Waals surface area contributed by atoms with Gasteiger partial charge in [-0.05, 0) is 42.5 Å². The van der Waals surface area contributed by atoms with Crippen LogP contribution in [-0.4, -0.2) is 60.1 Å². The average molecular weight is 486 g/mol. The lowest BCUT2D eigenvalue weighted by molar-refractivity contribution is 0.230. The summed E-state index contributed by atoms with van der Waals surface area (Å²) in [5.41, 5.74) is 1.81. The summed E-state index contributed by atoms with van der Waals surface area (Å²) in [5, 5.41) is 6.82. The Bertz CT molecular complexity index is 1470. The molecule has 3 aromatic heterocycles. The zero-order valence-corrected chi connectivity index (χ0v) is 19.2. The molecule has 0 aliphatic heterocycles. The number of anilines is 2. The van der Waals surface area contributed by atoms with E-state index in [-0.39, 0.29) is 28.4 Å². The number of aromatic nitrogens is 4. The summed E-state index contributed by atoms with van der Waals surface area (Å²) >= 11 is 0. The number of fused-ring (bicyclic) bond motifs is 1. The van der Waals surface area contributed by atoms with E-state index in [0.717, 1.165) is 24.3 Å². The number of carbonyl (C=O) groups excluding carboxylic acids is 1. The molecule has 0 bridgehead atoms. The van der Waals surface area contributed by atoms with Crippen molar-refractivity contribution >= 4 is 33.3 Å². The highest BCUT2D eigenvalue weighted by Gasteiger charge is 2.18. The molecule has 3 heterocycles. The van der Waals surface area contributed by atoms with Crippen LogP contribution < -0.4 is 14.8 Å². The lowest BCUT2D eigenvalue weighted by Gasteiger charge is -2.13. The SMILES string of the molecule is COc1ncc(-c2ccc3nc(NC(=O)N(C)C)nn3c2)cc1NS(=O)(=O)c1ccc(F)cc1. The van der Waals surface area contributed by atoms with Crippen molar-refractivity contribution in [1.29, 1.82) is 0 Å². The Hall–Kier alpha value is -4.26. The third-order valence-corrected chi connectivity index (χ3v) is 6.08. The second-order valence-electron chi connectivity index (χ2n) is 7.32. The quantitative estimate of drug-likeness (QED) is 0.429. The molecule has 4 aromatic rings. The number of methoxy groups -OCH3 is 1. The fourth-order valence-electron chi connectivity index (χ4n) is 2.98. The van der Waals surface area contributed by atoms with Crippen LogP contribution in [0.3, 0.4) is 0 Å². The minimum absolute atomic E-state index is 0.0601. The van der Waals surface area contributed by atoms with E-state index in [2.05, 4.69) is 25.1 Å². The van der Waals surface area contributed by atoms with Gasteiger partial charge in [0.2, 0.25) is 5.88 Å². The Kier molecular flexibility index (Phi) is 6.03. The number of sulfonamides is 1. The Morgan fingerprint density at radius 2 is 1.85 bits per heavy atom. The van der Waals surface area contributed by atoms with E-state index in [1.54, 1.807) is 38.5 Å². The van der Waals surface area contributed by atoms with Gasteiger partial charge in [-0.15, -0.1) is 5.10 Å². The summed E-state index contributed by atoms with van der Waals surface area (Å²) in [6.45, 7) is 0. The third kappa shape index (κ3) is 4.73. The van der Waals surface area contributed by atoms with Gasteiger partial charge in [0.1, 0.15) is 11.5 Å². The van der Waals surface area contributed by atoms with E-state index in [4.69, 9.17) is 4.74 Å². The fraction of sp³-hybridized carbons (Fsp3) is 0.143. The van der Waals surface area contributed by atoms with Crippen LogP contribution in [0.4, 0.5) is 20.8 Å². The van der Waals surface area contributed by atoms with E-state index < -0.39 is 15.8 Å². The molecule has 1 aromatic carbocycles. The first-order valence-electron chi connectivity index (χ1n) is 9.84. The van der Waals surface area contributed by atoms with Gasteiger partial charge in [0.25, 0.3) is 16.0 Å². The highest BCUT2D eigenvalue weighted by atomic mass is 32.2. The van der Waals surface area contributed by atoms with Crippen molar-refractivity contribution in [3.05, 3.63) is 60.7 Å². The molecule has 13 heteroatoms. The maximum absolute atomic E-state index is 13.2. The van der Waals surface area contributed by atoms with Crippen molar-refractivity contribution in [1.82, 2.24) is 24.5 Å². The molecule has 0 fully saturated rings. The molecule has 0 saturated carbocycles. The molecular formula is C21H20FN7O4S. The Morgan fingerprint density at radius 3 is 2.53 bits per heavy atom. The van der Waals surface area contributed by atoms with Crippen molar-refractivity contribution in [2.75, 3.05) is 31.2 Å². The molecule has 0 saturated heterocycles. The Morgan fingerprint density at radius 1 is 1.12 bits per heavy atom. The number of nitrogens with zero attached hydrogens (tertiary/aromatic N) is 5. The van der Waals surface area contributed by atoms with Crippen LogP contribution in [0.5, 0.6) is 5.88 Å². The number of rotatable bonds is 6. The average Bonchev–Trinajstić information content (AvgIpc) is 3.20. The summed E-state index contributed by atoms with van der Waals surface area (Å²) in [7, 11) is 0.542. The van der Waals surface area contributed by atoms with Gasteiger partial charge < -0.3 is 9.64 Å². The zero-order chi connectivity index (χ0) is 24.5. The van der Waals surface area contributed by atoms with Gasteiger partial charge in [-0.25, -0.2) is 27.1 Å². The molecule has 0 spiro atoms. The summed E-state index contributed by atoms with van der Waals surface area (Å²) in [4.78, 5) is 21.5. The standard InChI is InChI=1S/C21H20FN7O4S/c1-28(2)21(30)25-20-24-18-9-4-13(12-29(18)26-20)14-10-17(19(33-3)23-11-14)27-34(31,32)16-7-5-15(22)6-8-16/h4-12,27H,1-3H3,(H,25,26,30). The normalized spacial score (nSPS) is 11.3. The number of hydrogen-bond donors (Lipinski definition) is 2. The van der Waals surface area contributed by atoms with Crippen LogP contribution in [0.1, 0.15) is 0 Å². The number of nitrogens with one attached hydrogen (secondary N) is 2. The van der Waals surface area contributed by atoms with E-state index >= 15 is 0 Å². The molecule has 176 valence electrons. The second-order valence-corrected chi connectivity index (χ2v) is 9.00. The van der Waals surface area contributed by atoms with Gasteiger partial charge in [0, 0.05) is 37.6 Å². The number of halogens is 1. The lowest BCUT2D eigenvalue weighted by atomic mass is 10.1. The Labute approximate surface area is 194 Å². The smallest absolute Gasteiger partial charge is 0.323 e. The first kappa shape index (κ1) is 22.9. The first-order chi connectivity index (χ1) is 16.2. The molecule has 2 amide bonds. The Balaban J connectivity index is 1.66. The predicted molar refractivity (Wildman–Crippen MR) is 123 cm³/mol. The highest BCUT2D eigenvalue weighted by Crippen LogP contribution is 2.30. The maximum atomic E-state index is 13.2. The summed E-state index contributed by atoms with van der Waals surface area (Å²) in [5.74, 6) is -0.352. The van der Waals surface area contributed by atoms with Crippen LogP contribution in [0.15, 0.2) is 59.8 Å². The predicted octanol–water partition coefficient (Wildman–Crippen LogP) is 2.83. The molecule has 34 heavy (non-hydrogen) atoms. The number of carbonyl (C=O) groups is 1. The summed E-state index contributed by atoms with van der Waals surface area (Å²) in [6, 6.07) is 9.07. The minimum Gasteiger partial charge on any atom is -0.480 e. The van der Waals surface area contributed by atoms with E-state index in [0.29, 0.717) is 16.8 Å². The van der Waals surface area contributed by atoms with Gasteiger partial charge in [0.15, 0.2) is 5.65 Å². The molecule has 0 radical (unpaired) electrons. The number of benzene rings is 1. The molecule has 11 nitrogen and oxygen atoms in total. The molecule has 0 atom stereocenters. The summed E-state index contributed by atoms with van der Waals surface area (Å²) < 4.78 is 47.8. The summed E-state index contributed by atoms with van der Waals surface area (Å²) in [6.07, 6.45) is 3.18. The molecule has 4 rings (SSSR count). The van der Waals surface area contributed by atoms with Gasteiger partial charge in [-0.2, -0.15) is 4.98 Å². The van der Waals surface area contributed by atoms with Gasteiger partial charge in [-0.1, -0.05) is 0 Å². The fourth-order valence-corrected chi connectivity index (χ4v) is 4.03. The second kappa shape index (κ2) is 8.94. The monoisotopic (exact) mass is 485 g/mol. The number of ether oxygens (including phenoxy) is 1. The minimum atomic E-state index is -4.02. The van der Waals surface area contributed by atoms with Crippen LogP contribution in [0.2, 0.25) is 0 Å². The number of urea groups is 1. The number of amides is 2. The zero-order valence-electron chi connectivity index (χ0n) is 18.4. The molecule has 2 N–H and O–H groups in total. The number of pyridine rings is 2. The number of hydrogen-bond acceptors (Lipinski definition) is 7. The van der Waals surface area contributed by atoms with Crippen molar-refractivity contribution in [2.24, 2.45) is 0 Å². The van der Waals surface area contributed by atoms with Crippen LogP contribution in [0, 0.1) is 5.82 Å². The van der Waals surface area contributed by atoms with E-state index in [1.165, 1.54) is 22.7 Å². The van der Waals surface area contributed by atoms with Gasteiger partial charge in [-0.3, -0.25) is 10.0 Å². The van der Waals surface area contributed by atoms with Crippen LogP contribution >= 0.6 is 0 Å². The van der Waals surface area contributed by atoms with Gasteiger partial charge >= 0.3 is 6.03 Å². The van der Waals surface area contributed by atoms with E-state index in [1.807, 2.05) is 0 Å². The van der Waals surface area contributed by atoms with Crippen molar-refractivity contribution in [2.45, 2.75) is 4.90 Å². The largest absolute Gasteiger partial charge is 0.480 e. The topological polar surface area (TPSA) is 131 Å².